The van der Waals surface area contributed by atoms with Gasteiger partial charge >= 0.3 is 18.2 Å². The zero-order valence-electron chi connectivity index (χ0n) is 14.6. The molecule has 1 saturated heterocycles. The maximum Gasteiger partial charge on any atom is 0.419 e. The summed E-state index contributed by atoms with van der Waals surface area (Å²) in [6.45, 7) is 4.50. The van der Waals surface area contributed by atoms with Gasteiger partial charge in [-0.3, -0.25) is 4.90 Å². The highest BCUT2D eigenvalue weighted by atomic mass is 19.4. The number of aromatic nitrogens is 1. The van der Waals surface area contributed by atoms with E-state index in [1.54, 1.807) is 20.8 Å². The summed E-state index contributed by atoms with van der Waals surface area (Å²) in [4.78, 5) is 29.8. The molecular formula is C16H20F3N3O4. The quantitative estimate of drug-likeness (QED) is 0.856. The van der Waals surface area contributed by atoms with Crippen LogP contribution in [0, 0.1) is 0 Å². The van der Waals surface area contributed by atoms with Crippen LogP contribution >= 0.6 is 0 Å². The summed E-state index contributed by atoms with van der Waals surface area (Å²) in [5, 5.41) is 9.43. The zero-order chi connectivity index (χ0) is 19.7. The molecule has 1 aromatic heterocycles. The number of anilines is 1. The lowest BCUT2D eigenvalue weighted by atomic mass is 10.1. The van der Waals surface area contributed by atoms with Crippen molar-refractivity contribution in [1.82, 2.24) is 9.88 Å². The smallest absolute Gasteiger partial charge is 0.419 e. The summed E-state index contributed by atoms with van der Waals surface area (Å²) in [6.07, 6.45) is -4.23. The molecule has 26 heavy (non-hydrogen) atoms. The van der Waals surface area contributed by atoms with Crippen molar-refractivity contribution in [2.24, 2.45) is 0 Å². The number of amides is 1. The molecule has 0 unspecified atom stereocenters. The second-order valence-corrected chi connectivity index (χ2v) is 6.85. The topological polar surface area (TPSA) is 83.0 Å². The number of aliphatic carboxylic acids is 1. The van der Waals surface area contributed by atoms with Gasteiger partial charge in [0.05, 0.1) is 12.1 Å². The fraction of sp³-hybridized carbons (Fsp3) is 0.562. The highest BCUT2D eigenvalue weighted by Crippen LogP contribution is 2.35. The Hall–Kier alpha value is -2.52. The molecule has 2 rings (SSSR count). The van der Waals surface area contributed by atoms with Gasteiger partial charge in [0.2, 0.25) is 0 Å². The summed E-state index contributed by atoms with van der Waals surface area (Å²) in [7, 11) is 0. The molecule has 144 valence electrons. The van der Waals surface area contributed by atoms with Crippen molar-refractivity contribution >= 4 is 17.9 Å². The standard InChI is InChI=1S/C16H20F3N3O4/c1-15(2,3)26-14(25)22-8-7-21(9-11(22)13(23)24)12-10(16(17,18)19)5-4-6-20-12/h4-6,11H,7-9H2,1-3H3,(H,23,24)/t11-/m0/s1. The first kappa shape index (κ1) is 19.8. The van der Waals surface area contributed by atoms with E-state index in [1.807, 2.05) is 0 Å². The second-order valence-electron chi connectivity index (χ2n) is 6.85. The Morgan fingerprint density at radius 2 is 1.92 bits per heavy atom. The van der Waals surface area contributed by atoms with E-state index in [0.717, 1.165) is 17.0 Å². The van der Waals surface area contributed by atoms with Gasteiger partial charge in [0.25, 0.3) is 0 Å². The number of carboxylic acids is 1. The number of halogens is 3. The summed E-state index contributed by atoms with van der Waals surface area (Å²) in [6, 6.07) is 0.706. The van der Waals surface area contributed by atoms with Crippen molar-refractivity contribution in [2.45, 2.75) is 38.6 Å². The predicted octanol–water partition coefficient (Wildman–Crippen LogP) is 2.61. The average Bonchev–Trinajstić information content (AvgIpc) is 2.51. The van der Waals surface area contributed by atoms with Crippen molar-refractivity contribution in [3.05, 3.63) is 23.9 Å². The molecule has 0 spiro atoms. The molecule has 1 atom stereocenters. The number of hydrogen-bond acceptors (Lipinski definition) is 5. The van der Waals surface area contributed by atoms with Gasteiger partial charge in [0, 0.05) is 19.3 Å². The molecule has 1 aliphatic heterocycles. The van der Waals surface area contributed by atoms with E-state index >= 15 is 0 Å². The van der Waals surface area contributed by atoms with Crippen molar-refractivity contribution in [3.8, 4) is 0 Å². The molecule has 10 heteroatoms. The van der Waals surface area contributed by atoms with E-state index < -0.39 is 35.4 Å². The lowest BCUT2D eigenvalue weighted by Gasteiger charge is -2.40. The Morgan fingerprint density at radius 3 is 2.46 bits per heavy atom. The molecule has 1 aliphatic rings. The van der Waals surface area contributed by atoms with Crippen LogP contribution in [0.2, 0.25) is 0 Å². The fourth-order valence-corrected chi connectivity index (χ4v) is 2.60. The minimum Gasteiger partial charge on any atom is -0.480 e. The number of nitrogens with zero attached hydrogens (tertiary/aromatic N) is 3. The van der Waals surface area contributed by atoms with Crippen LogP contribution in [0.3, 0.4) is 0 Å². The molecule has 1 aromatic rings. The monoisotopic (exact) mass is 375 g/mol. The molecule has 1 amide bonds. The van der Waals surface area contributed by atoms with Gasteiger partial charge in [0.1, 0.15) is 17.5 Å². The zero-order valence-corrected chi connectivity index (χ0v) is 14.6. The summed E-state index contributed by atoms with van der Waals surface area (Å²) in [5.41, 5.74) is -1.77. The first-order valence-electron chi connectivity index (χ1n) is 7.90. The maximum absolute atomic E-state index is 13.2. The fourth-order valence-electron chi connectivity index (χ4n) is 2.60. The van der Waals surface area contributed by atoms with Gasteiger partial charge in [-0.15, -0.1) is 0 Å². The number of carboxylic acid groups (broad SMARTS) is 1. The maximum atomic E-state index is 13.2. The number of pyridine rings is 1. The molecule has 0 aliphatic carbocycles. The van der Waals surface area contributed by atoms with Crippen molar-refractivity contribution in [2.75, 3.05) is 24.5 Å². The highest BCUT2D eigenvalue weighted by molar-refractivity contribution is 5.81. The van der Waals surface area contributed by atoms with Crippen LogP contribution in [0.4, 0.5) is 23.8 Å². The van der Waals surface area contributed by atoms with E-state index in [1.165, 1.54) is 11.1 Å². The predicted molar refractivity (Wildman–Crippen MR) is 85.8 cm³/mol. The van der Waals surface area contributed by atoms with Gasteiger partial charge in [-0.25, -0.2) is 14.6 Å². The van der Waals surface area contributed by atoms with E-state index in [0.29, 0.717) is 0 Å². The van der Waals surface area contributed by atoms with E-state index in [4.69, 9.17) is 4.74 Å². The molecule has 7 nitrogen and oxygen atoms in total. The van der Waals surface area contributed by atoms with Crippen LogP contribution < -0.4 is 4.90 Å². The second kappa shape index (κ2) is 7.00. The van der Waals surface area contributed by atoms with Crippen molar-refractivity contribution < 1.29 is 32.6 Å². The lowest BCUT2D eigenvalue weighted by Crippen LogP contribution is -2.59. The third kappa shape index (κ3) is 4.55. The van der Waals surface area contributed by atoms with Gasteiger partial charge in [0.15, 0.2) is 0 Å². The number of rotatable bonds is 2. The molecule has 2 heterocycles. The molecule has 1 fully saturated rings. The Labute approximate surface area is 148 Å². The number of ether oxygens (including phenoxy) is 1. The Bertz CT molecular complexity index is 688. The molecule has 0 radical (unpaired) electrons. The third-order valence-electron chi connectivity index (χ3n) is 3.69. The van der Waals surface area contributed by atoms with Crippen LogP contribution in [0.1, 0.15) is 26.3 Å². The normalized spacial score (nSPS) is 18.6. The molecule has 0 aromatic carbocycles. The largest absolute Gasteiger partial charge is 0.480 e. The first-order chi connectivity index (χ1) is 11.9. The van der Waals surface area contributed by atoms with Crippen LogP contribution in [0.15, 0.2) is 18.3 Å². The van der Waals surface area contributed by atoms with Crippen molar-refractivity contribution in [3.63, 3.8) is 0 Å². The van der Waals surface area contributed by atoms with Crippen molar-refractivity contribution in [1.29, 1.82) is 0 Å². The summed E-state index contributed by atoms with van der Waals surface area (Å²) in [5.74, 6) is -1.68. The van der Waals surface area contributed by atoms with Crippen LogP contribution in [0.5, 0.6) is 0 Å². The molecule has 1 N–H and O–H groups in total. The van der Waals surface area contributed by atoms with E-state index in [-0.39, 0.29) is 25.5 Å². The number of alkyl halides is 3. The number of piperazine rings is 1. The lowest BCUT2D eigenvalue weighted by molar-refractivity contribution is -0.143. The SMILES string of the molecule is CC(C)(C)OC(=O)N1CCN(c2ncccc2C(F)(F)F)C[C@H]1C(=O)O. The average molecular weight is 375 g/mol. The molecular weight excluding hydrogens is 355 g/mol. The first-order valence-corrected chi connectivity index (χ1v) is 7.90. The van der Waals surface area contributed by atoms with Crippen LogP contribution in [-0.4, -0.2) is 58.3 Å². The Morgan fingerprint density at radius 1 is 1.27 bits per heavy atom. The van der Waals surface area contributed by atoms with Crippen LogP contribution in [0.25, 0.3) is 0 Å². The summed E-state index contributed by atoms with van der Waals surface area (Å²) >= 11 is 0. The van der Waals surface area contributed by atoms with Gasteiger partial charge in [-0.05, 0) is 32.9 Å². The van der Waals surface area contributed by atoms with Crippen LogP contribution in [-0.2, 0) is 15.7 Å². The minimum atomic E-state index is -4.62. The number of carbonyl (C=O) groups excluding carboxylic acids is 1. The van der Waals surface area contributed by atoms with Gasteiger partial charge in [-0.2, -0.15) is 13.2 Å². The summed E-state index contributed by atoms with van der Waals surface area (Å²) < 4.78 is 44.7. The number of carbonyl (C=O) groups is 2. The highest BCUT2D eigenvalue weighted by Gasteiger charge is 2.41. The Kier molecular flexibility index (Phi) is 5.33. The molecule has 0 saturated carbocycles. The van der Waals surface area contributed by atoms with Gasteiger partial charge < -0.3 is 14.7 Å². The van der Waals surface area contributed by atoms with Gasteiger partial charge in [-0.1, -0.05) is 0 Å². The van der Waals surface area contributed by atoms with E-state index in [9.17, 15) is 27.9 Å². The number of hydrogen-bond donors (Lipinski definition) is 1. The van der Waals surface area contributed by atoms with E-state index in [2.05, 4.69) is 4.98 Å². The molecule has 0 bridgehead atoms. The minimum absolute atomic E-state index is 0.00309. The Balaban J connectivity index is 2.26. The third-order valence-corrected chi connectivity index (χ3v) is 3.69.